The molecule has 7 heteroatoms. The van der Waals surface area contributed by atoms with Crippen molar-refractivity contribution in [3.05, 3.63) is 89.0 Å². The first kappa shape index (κ1) is 22.2. The number of nitrogens with zero attached hydrogens (tertiary/aromatic N) is 1. The highest BCUT2D eigenvalue weighted by atomic mass is 32.1. The van der Waals surface area contributed by atoms with E-state index in [0.717, 1.165) is 22.4 Å². The van der Waals surface area contributed by atoms with Crippen molar-refractivity contribution in [2.24, 2.45) is 0 Å². The van der Waals surface area contributed by atoms with Gasteiger partial charge in [0.1, 0.15) is 22.8 Å². The van der Waals surface area contributed by atoms with Crippen molar-refractivity contribution in [2.75, 3.05) is 12.0 Å². The first-order valence-corrected chi connectivity index (χ1v) is 10.7. The first-order chi connectivity index (χ1) is 15.9. The average Bonchev–Trinajstić information content (AvgIpc) is 2.80. The number of carbonyl (C=O) groups is 2. The van der Waals surface area contributed by atoms with Crippen molar-refractivity contribution < 1.29 is 19.1 Å². The third kappa shape index (κ3) is 4.63. The fraction of sp³-hybridized carbons (Fsp3) is 0.115. The van der Waals surface area contributed by atoms with Crippen molar-refractivity contribution in [3.8, 4) is 17.2 Å². The van der Waals surface area contributed by atoms with E-state index in [0.29, 0.717) is 17.2 Å². The Hall–Kier alpha value is -3.97. The zero-order valence-corrected chi connectivity index (χ0v) is 19.2. The zero-order valence-electron chi connectivity index (χ0n) is 18.4. The fourth-order valence-corrected chi connectivity index (χ4v) is 3.80. The molecule has 0 atom stereocenters. The molecule has 1 aliphatic heterocycles. The van der Waals surface area contributed by atoms with Crippen LogP contribution < -0.4 is 19.7 Å². The molecule has 166 valence electrons. The lowest BCUT2D eigenvalue weighted by Gasteiger charge is -2.29. The monoisotopic (exact) mass is 458 g/mol. The summed E-state index contributed by atoms with van der Waals surface area (Å²) in [5.41, 5.74) is 3.07. The van der Waals surface area contributed by atoms with Crippen LogP contribution in [-0.4, -0.2) is 24.0 Å². The number of amides is 2. The number of para-hydroxylation sites is 1. The highest BCUT2D eigenvalue weighted by Crippen LogP contribution is 2.28. The molecule has 2 amide bonds. The second-order valence-electron chi connectivity index (χ2n) is 7.55. The van der Waals surface area contributed by atoms with E-state index in [4.69, 9.17) is 21.7 Å². The van der Waals surface area contributed by atoms with Gasteiger partial charge in [-0.05, 0) is 97.4 Å². The average molecular weight is 459 g/mol. The number of carbonyl (C=O) groups excluding carboxylic acids is 2. The van der Waals surface area contributed by atoms with Crippen LogP contribution in [0.5, 0.6) is 17.2 Å². The largest absolute Gasteiger partial charge is 0.496 e. The van der Waals surface area contributed by atoms with Crippen LogP contribution in [0.3, 0.4) is 0 Å². The van der Waals surface area contributed by atoms with Crippen LogP contribution in [0.25, 0.3) is 6.08 Å². The molecule has 0 saturated carbocycles. The molecule has 3 aromatic rings. The molecular formula is C26H22N2O4S. The van der Waals surface area contributed by atoms with E-state index in [1.54, 1.807) is 37.5 Å². The lowest BCUT2D eigenvalue weighted by Crippen LogP contribution is -2.54. The van der Waals surface area contributed by atoms with E-state index in [2.05, 4.69) is 5.32 Å². The Kier molecular flexibility index (Phi) is 6.24. The fourth-order valence-electron chi connectivity index (χ4n) is 3.52. The van der Waals surface area contributed by atoms with Crippen molar-refractivity contribution in [3.63, 3.8) is 0 Å². The number of methoxy groups -OCH3 is 1. The van der Waals surface area contributed by atoms with Gasteiger partial charge in [0, 0.05) is 0 Å². The Morgan fingerprint density at radius 3 is 2.24 bits per heavy atom. The van der Waals surface area contributed by atoms with Gasteiger partial charge in [0.15, 0.2) is 5.11 Å². The van der Waals surface area contributed by atoms with Crippen LogP contribution in [0.1, 0.15) is 16.7 Å². The first-order valence-electron chi connectivity index (χ1n) is 10.3. The van der Waals surface area contributed by atoms with Crippen LogP contribution >= 0.6 is 12.2 Å². The lowest BCUT2D eigenvalue weighted by molar-refractivity contribution is -0.122. The van der Waals surface area contributed by atoms with Gasteiger partial charge in [0.25, 0.3) is 11.8 Å². The van der Waals surface area contributed by atoms with Gasteiger partial charge < -0.3 is 9.47 Å². The van der Waals surface area contributed by atoms with Crippen LogP contribution in [0, 0.1) is 13.8 Å². The van der Waals surface area contributed by atoms with E-state index in [1.807, 2.05) is 56.3 Å². The maximum absolute atomic E-state index is 13.3. The maximum Gasteiger partial charge on any atom is 0.270 e. The van der Waals surface area contributed by atoms with Crippen LogP contribution in [-0.2, 0) is 9.59 Å². The Labute approximate surface area is 197 Å². The molecule has 1 aliphatic rings. The second-order valence-corrected chi connectivity index (χ2v) is 7.93. The normalized spacial score (nSPS) is 14.9. The number of nitrogens with one attached hydrogen (secondary N) is 1. The summed E-state index contributed by atoms with van der Waals surface area (Å²) in [6, 6.07) is 20.1. The van der Waals surface area contributed by atoms with Crippen LogP contribution in [0.4, 0.5) is 5.69 Å². The molecule has 3 aromatic carbocycles. The molecular weight excluding hydrogens is 436 g/mol. The van der Waals surface area contributed by atoms with E-state index < -0.39 is 11.8 Å². The number of thiocarbonyl (C=S) groups is 1. The molecule has 6 nitrogen and oxygen atoms in total. The Morgan fingerprint density at radius 2 is 1.58 bits per heavy atom. The number of hydrogen-bond acceptors (Lipinski definition) is 5. The molecule has 1 heterocycles. The Balaban J connectivity index is 1.63. The van der Waals surface area contributed by atoms with E-state index in [9.17, 15) is 9.59 Å². The molecule has 0 bridgehead atoms. The summed E-state index contributed by atoms with van der Waals surface area (Å²) < 4.78 is 11.2. The van der Waals surface area contributed by atoms with Crippen molar-refractivity contribution in [2.45, 2.75) is 13.8 Å². The van der Waals surface area contributed by atoms with Crippen LogP contribution in [0.15, 0.2) is 72.3 Å². The van der Waals surface area contributed by atoms with Gasteiger partial charge in [-0.15, -0.1) is 0 Å². The van der Waals surface area contributed by atoms with Gasteiger partial charge in [-0.25, -0.2) is 0 Å². The summed E-state index contributed by atoms with van der Waals surface area (Å²) in [4.78, 5) is 27.2. The molecule has 0 unspecified atom stereocenters. The second kappa shape index (κ2) is 9.26. The summed E-state index contributed by atoms with van der Waals surface area (Å²) in [5.74, 6) is 1.04. The van der Waals surface area contributed by atoms with Crippen LogP contribution in [0.2, 0.25) is 0 Å². The Morgan fingerprint density at radius 1 is 0.909 bits per heavy atom. The van der Waals surface area contributed by atoms with Gasteiger partial charge in [-0.1, -0.05) is 18.2 Å². The van der Waals surface area contributed by atoms with Gasteiger partial charge in [-0.2, -0.15) is 0 Å². The summed E-state index contributed by atoms with van der Waals surface area (Å²) in [6.07, 6.45) is 1.58. The molecule has 1 saturated heterocycles. The number of aryl methyl sites for hydroxylation is 2. The molecule has 0 aromatic heterocycles. The van der Waals surface area contributed by atoms with Crippen molar-refractivity contribution >= 4 is 40.9 Å². The molecule has 1 fully saturated rings. The highest BCUT2D eigenvalue weighted by molar-refractivity contribution is 7.80. The molecule has 1 N–H and O–H groups in total. The highest BCUT2D eigenvalue weighted by Gasteiger charge is 2.34. The van der Waals surface area contributed by atoms with Gasteiger partial charge in [0.05, 0.1) is 12.8 Å². The van der Waals surface area contributed by atoms with E-state index >= 15 is 0 Å². The minimum Gasteiger partial charge on any atom is -0.496 e. The Bertz CT molecular complexity index is 1270. The molecule has 33 heavy (non-hydrogen) atoms. The number of rotatable bonds is 5. The summed E-state index contributed by atoms with van der Waals surface area (Å²) in [5, 5.41) is 2.64. The lowest BCUT2D eigenvalue weighted by atomic mass is 10.0. The molecule has 4 rings (SSSR count). The summed E-state index contributed by atoms with van der Waals surface area (Å²) in [6.45, 7) is 3.80. The SMILES string of the molecule is COc1cc(C)c(C=C2C(=O)NC(=S)N(c3ccc(Oc4ccccc4)cc3)C2=O)cc1C. The molecule has 0 spiro atoms. The number of hydrogen-bond donors (Lipinski definition) is 1. The number of ether oxygens (including phenoxy) is 2. The third-order valence-corrected chi connectivity index (χ3v) is 5.54. The summed E-state index contributed by atoms with van der Waals surface area (Å²) in [7, 11) is 1.60. The molecule has 0 radical (unpaired) electrons. The van der Waals surface area contributed by atoms with Gasteiger partial charge in [-0.3, -0.25) is 19.8 Å². The topological polar surface area (TPSA) is 67.9 Å². The van der Waals surface area contributed by atoms with Crippen molar-refractivity contribution in [1.82, 2.24) is 5.32 Å². The standard InChI is InChI=1S/C26H22N2O4S/c1-16-14-23(31-3)17(2)13-18(16)15-22-24(29)27-26(33)28(25(22)30)19-9-11-21(12-10-19)32-20-7-5-4-6-8-20/h4-15H,1-3H3,(H,27,29,33). The zero-order chi connectivity index (χ0) is 23.5. The minimum atomic E-state index is -0.529. The van der Waals surface area contributed by atoms with Crippen molar-refractivity contribution in [1.29, 1.82) is 0 Å². The quantitative estimate of drug-likeness (QED) is 0.333. The third-order valence-electron chi connectivity index (χ3n) is 5.26. The minimum absolute atomic E-state index is 0.000814. The maximum atomic E-state index is 13.3. The number of benzene rings is 3. The van der Waals surface area contributed by atoms with Gasteiger partial charge in [0.2, 0.25) is 0 Å². The smallest absolute Gasteiger partial charge is 0.270 e. The number of anilines is 1. The van der Waals surface area contributed by atoms with Gasteiger partial charge >= 0.3 is 0 Å². The van der Waals surface area contributed by atoms with E-state index in [1.165, 1.54) is 4.90 Å². The predicted molar refractivity (Wildman–Crippen MR) is 132 cm³/mol. The van der Waals surface area contributed by atoms with E-state index in [-0.39, 0.29) is 10.7 Å². The summed E-state index contributed by atoms with van der Waals surface area (Å²) >= 11 is 5.30. The molecule has 0 aliphatic carbocycles. The predicted octanol–water partition coefficient (Wildman–Crippen LogP) is 4.94.